The molecule has 0 radical (unpaired) electrons. The van der Waals surface area contributed by atoms with Crippen LogP contribution in [0.5, 0.6) is 0 Å². The van der Waals surface area contributed by atoms with Gasteiger partial charge >= 0.3 is 5.97 Å². The van der Waals surface area contributed by atoms with Crippen LogP contribution in [-0.2, 0) is 20.9 Å². The maximum Gasteiger partial charge on any atom is 0.311 e. The van der Waals surface area contributed by atoms with Gasteiger partial charge in [-0.2, -0.15) is 0 Å². The molecular formula is C15H17NO3. The lowest BCUT2D eigenvalue weighted by Gasteiger charge is -2.20. The van der Waals surface area contributed by atoms with Crippen LogP contribution in [0, 0.1) is 0 Å². The van der Waals surface area contributed by atoms with Crippen LogP contribution in [0.4, 0.5) is 0 Å². The molecule has 1 aliphatic heterocycles. The normalized spacial score (nSPS) is 14.5. The van der Waals surface area contributed by atoms with Crippen LogP contribution in [0.15, 0.2) is 42.1 Å². The first-order valence-corrected chi connectivity index (χ1v) is 6.39. The molecule has 1 aromatic rings. The minimum absolute atomic E-state index is 0.0307. The maximum atomic E-state index is 11.9. The molecule has 4 heteroatoms. The van der Waals surface area contributed by atoms with E-state index in [2.05, 4.69) is 0 Å². The Balaban J connectivity index is 2.03. The largest absolute Gasteiger partial charge is 0.466 e. The van der Waals surface area contributed by atoms with Gasteiger partial charge in [-0.05, 0) is 12.5 Å². The van der Waals surface area contributed by atoms with E-state index in [4.69, 9.17) is 4.74 Å². The first kappa shape index (κ1) is 13.3. The first-order chi connectivity index (χ1) is 9.20. The van der Waals surface area contributed by atoms with E-state index in [1.54, 1.807) is 11.8 Å². The summed E-state index contributed by atoms with van der Waals surface area (Å²) in [5, 5.41) is 0. The maximum absolute atomic E-state index is 11.9. The standard InChI is InChI=1S/C15H17NO3/c1-2-19-15(18)10-13-8-9-14(17)16(13)11-12-6-4-3-5-7-12/h3-8H,2,9-11H2,1H3. The molecular weight excluding hydrogens is 242 g/mol. The molecule has 0 aliphatic carbocycles. The lowest BCUT2D eigenvalue weighted by atomic mass is 10.2. The van der Waals surface area contributed by atoms with Crippen LogP contribution in [0.25, 0.3) is 0 Å². The number of nitrogens with zero attached hydrogens (tertiary/aromatic N) is 1. The van der Waals surface area contributed by atoms with Gasteiger partial charge in [0.2, 0.25) is 5.91 Å². The van der Waals surface area contributed by atoms with E-state index in [-0.39, 0.29) is 18.3 Å². The molecule has 1 aliphatic rings. The Morgan fingerprint density at radius 2 is 2.05 bits per heavy atom. The number of carbonyl (C=O) groups is 2. The summed E-state index contributed by atoms with van der Waals surface area (Å²) in [6.07, 6.45) is 2.33. The number of benzene rings is 1. The van der Waals surface area contributed by atoms with Crippen LogP contribution in [0.1, 0.15) is 25.3 Å². The highest BCUT2D eigenvalue weighted by Crippen LogP contribution is 2.22. The Kier molecular flexibility index (Phi) is 4.34. The predicted octanol–water partition coefficient (Wildman–Crippen LogP) is 2.26. The molecule has 0 N–H and O–H groups in total. The van der Waals surface area contributed by atoms with Crippen LogP contribution in [0.2, 0.25) is 0 Å². The summed E-state index contributed by atoms with van der Waals surface area (Å²) in [5.74, 6) is -0.260. The highest BCUT2D eigenvalue weighted by Gasteiger charge is 2.25. The zero-order valence-electron chi connectivity index (χ0n) is 11.0. The van der Waals surface area contributed by atoms with Gasteiger partial charge in [0.25, 0.3) is 0 Å². The van der Waals surface area contributed by atoms with E-state index < -0.39 is 0 Å². The lowest BCUT2D eigenvalue weighted by Crippen LogP contribution is -2.26. The van der Waals surface area contributed by atoms with Gasteiger partial charge in [-0.1, -0.05) is 36.4 Å². The average Bonchev–Trinajstić information content (AvgIpc) is 2.73. The van der Waals surface area contributed by atoms with Gasteiger partial charge in [0.05, 0.1) is 19.6 Å². The summed E-state index contributed by atoms with van der Waals surface area (Å²) in [7, 11) is 0. The molecule has 0 saturated carbocycles. The van der Waals surface area contributed by atoms with Crippen molar-refractivity contribution in [2.45, 2.75) is 26.3 Å². The van der Waals surface area contributed by atoms with Crippen molar-refractivity contribution in [1.29, 1.82) is 0 Å². The summed E-state index contributed by atoms with van der Waals surface area (Å²) in [6.45, 7) is 2.64. The molecule has 0 fully saturated rings. The predicted molar refractivity (Wildman–Crippen MR) is 70.9 cm³/mol. The Hall–Kier alpha value is -2.10. The second-order valence-corrected chi connectivity index (χ2v) is 4.35. The minimum Gasteiger partial charge on any atom is -0.466 e. The van der Waals surface area contributed by atoms with Crippen molar-refractivity contribution < 1.29 is 14.3 Å². The molecule has 0 aromatic heterocycles. The lowest BCUT2D eigenvalue weighted by molar-refractivity contribution is -0.142. The van der Waals surface area contributed by atoms with Crippen molar-refractivity contribution in [3.63, 3.8) is 0 Å². The van der Waals surface area contributed by atoms with Crippen molar-refractivity contribution >= 4 is 11.9 Å². The molecule has 100 valence electrons. The molecule has 1 heterocycles. The third kappa shape index (κ3) is 3.44. The zero-order chi connectivity index (χ0) is 13.7. The van der Waals surface area contributed by atoms with Crippen LogP contribution in [-0.4, -0.2) is 23.4 Å². The third-order valence-electron chi connectivity index (χ3n) is 2.97. The second kappa shape index (κ2) is 6.18. The second-order valence-electron chi connectivity index (χ2n) is 4.35. The van der Waals surface area contributed by atoms with Crippen LogP contribution < -0.4 is 0 Å². The average molecular weight is 259 g/mol. The first-order valence-electron chi connectivity index (χ1n) is 6.39. The van der Waals surface area contributed by atoms with Gasteiger partial charge in [0, 0.05) is 12.1 Å². The van der Waals surface area contributed by atoms with Gasteiger partial charge in [-0.25, -0.2) is 0 Å². The van der Waals surface area contributed by atoms with E-state index in [9.17, 15) is 9.59 Å². The van der Waals surface area contributed by atoms with Crippen LogP contribution in [0.3, 0.4) is 0 Å². The number of amides is 1. The molecule has 2 rings (SSSR count). The summed E-state index contributed by atoms with van der Waals surface area (Å²) in [5.41, 5.74) is 1.79. The SMILES string of the molecule is CCOC(=O)CC1=CCC(=O)N1Cc1ccccc1. The number of carbonyl (C=O) groups excluding carboxylic acids is 2. The van der Waals surface area contributed by atoms with E-state index in [0.717, 1.165) is 11.3 Å². The van der Waals surface area contributed by atoms with Crippen molar-refractivity contribution in [3.8, 4) is 0 Å². The summed E-state index contributed by atoms with van der Waals surface area (Å²) < 4.78 is 4.92. The quantitative estimate of drug-likeness (QED) is 0.762. The van der Waals surface area contributed by atoms with Gasteiger partial charge in [-0.3, -0.25) is 9.59 Å². The van der Waals surface area contributed by atoms with E-state index in [0.29, 0.717) is 19.6 Å². The monoisotopic (exact) mass is 259 g/mol. The number of ether oxygens (including phenoxy) is 1. The molecule has 4 nitrogen and oxygen atoms in total. The van der Waals surface area contributed by atoms with Crippen molar-refractivity contribution in [3.05, 3.63) is 47.7 Å². The van der Waals surface area contributed by atoms with Crippen molar-refractivity contribution in [1.82, 2.24) is 4.90 Å². The zero-order valence-corrected chi connectivity index (χ0v) is 11.0. The van der Waals surface area contributed by atoms with Crippen LogP contribution >= 0.6 is 0 Å². The molecule has 0 bridgehead atoms. The molecule has 0 saturated heterocycles. The smallest absolute Gasteiger partial charge is 0.311 e. The molecule has 0 unspecified atom stereocenters. The van der Waals surface area contributed by atoms with E-state index >= 15 is 0 Å². The topological polar surface area (TPSA) is 46.6 Å². The Bertz CT molecular complexity index is 493. The Labute approximate surface area is 112 Å². The fourth-order valence-corrected chi connectivity index (χ4v) is 2.07. The third-order valence-corrected chi connectivity index (χ3v) is 2.97. The van der Waals surface area contributed by atoms with Crippen molar-refractivity contribution in [2.75, 3.05) is 6.61 Å². The van der Waals surface area contributed by atoms with Gasteiger partial charge in [-0.15, -0.1) is 0 Å². The molecule has 0 atom stereocenters. The number of hydrogen-bond acceptors (Lipinski definition) is 3. The fourth-order valence-electron chi connectivity index (χ4n) is 2.07. The molecule has 1 amide bonds. The summed E-state index contributed by atoms with van der Waals surface area (Å²) in [4.78, 5) is 25.0. The minimum atomic E-state index is -0.290. The fraction of sp³-hybridized carbons (Fsp3) is 0.333. The van der Waals surface area contributed by atoms with E-state index in [1.165, 1.54) is 0 Å². The summed E-state index contributed by atoms with van der Waals surface area (Å²) in [6, 6.07) is 9.74. The highest BCUT2D eigenvalue weighted by molar-refractivity contribution is 5.85. The number of hydrogen-bond donors (Lipinski definition) is 0. The number of esters is 1. The van der Waals surface area contributed by atoms with Gasteiger partial charge < -0.3 is 9.64 Å². The van der Waals surface area contributed by atoms with E-state index in [1.807, 2.05) is 36.4 Å². The Morgan fingerprint density at radius 3 is 2.74 bits per heavy atom. The van der Waals surface area contributed by atoms with Gasteiger partial charge in [0.1, 0.15) is 0 Å². The number of rotatable bonds is 5. The van der Waals surface area contributed by atoms with Crippen molar-refractivity contribution in [2.24, 2.45) is 0 Å². The molecule has 19 heavy (non-hydrogen) atoms. The Morgan fingerprint density at radius 1 is 1.32 bits per heavy atom. The highest BCUT2D eigenvalue weighted by atomic mass is 16.5. The molecule has 1 aromatic carbocycles. The summed E-state index contributed by atoms with van der Waals surface area (Å²) >= 11 is 0. The molecule has 0 spiro atoms. The van der Waals surface area contributed by atoms with Gasteiger partial charge in [0.15, 0.2) is 0 Å².